The molecular weight excluding hydrogens is 416 g/mol. The summed E-state index contributed by atoms with van der Waals surface area (Å²) < 4.78 is 32.3. The number of carbonyl (C=O) groups is 1. The van der Waals surface area contributed by atoms with Crippen LogP contribution >= 0.6 is 0 Å². The lowest BCUT2D eigenvalue weighted by molar-refractivity contribution is -0.132. The van der Waals surface area contributed by atoms with E-state index < -0.39 is 10.0 Å². The fraction of sp³-hybridized carbons (Fsp3) is 0.591. The third-order valence-corrected chi connectivity index (χ3v) is 8.16. The van der Waals surface area contributed by atoms with Gasteiger partial charge in [0.15, 0.2) is 5.82 Å². The van der Waals surface area contributed by atoms with Gasteiger partial charge in [-0.15, -0.1) is 0 Å². The van der Waals surface area contributed by atoms with Crippen LogP contribution in [0.2, 0.25) is 0 Å². The molecule has 0 N–H and O–H groups in total. The number of benzene rings is 1. The van der Waals surface area contributed by atoms with Gasteiger partial charge < -0.3 is 9.42 Å². The van der Waals surface area contributed by atoms with Gasteiger partial charge in [-0.2, -0.15) is 9.29 Å². The predicted octanol–water partition coefficient (Wildman–Crippen LogP) is 2.89. The number of carbonyl (C=O) groups excluding carboxylic acids is 1. The molecule has 0 aliphatic carbocycles. The van der Waals surface area contributed by atoms with Crippen LogP contribution in [0.3, 0.4) is 0 Å². The summed E-state index contributed by atoms with van der Waals surface area (Å²) in [7, 11) is -3.41. The monoisotopic (exact) mass is 446 g/mol. The normalized spacial score (nSPS) is 18.9. The molecule has 0 radical (unpaired) electrons. The molecule has 0 saturated carbocycles. The lowest BCUT2D eigenvalue weighted by Crippen LogP contribution is -2.38. The molecule has 2 fully saturated rings. The van der Waals surface area contributed by atoms with E-state index in [9.17, 15) is 13.2 Å². The Hall–Kier alpha value is -2.26. The summed E-state index contributed by atoms with van der Waals surface area (Å²) in [6.07, 6.45) is 5.62. The molecule has 31 heavy (non-hydrogen) atoms. The van der Waals surface area contributed by atoms with Gasteiger partial charge in [0, 0.05) is 38.5 Å². The Balaban J connectivity index is 1.27. The zero-order valence-corrected chi connectivity index (χ0v) is 18.8. The highest BCUT2D eigenvalue weighted by atomic mass is 32.2. The number of piperidine rings is 2. The van der Waals surface area contributed by atoms with Crippen molar-refractivity contribution in [3.63, 3.8) is 0 Å². The van der Waals surface area contributed by atoms with E-state index in [1.165, 1.54) is 0 Å². The minimum atomic E-state index is -3.41. The van der Waals surface area contributed by atoms with E-state index in [2.05, 4.69) is 10.1 Å². The quantitative estimate of drug-likeness (QED) is 0.677. The average Bonchev–Trinajstić information content (AvgIpc) is 3.25. The van der Waals surface area contributed by atoms with Crippen molar-refractivity contribution in [3.8, 4) is 0 Å². The van der Waals surface area contributed by atoms with Gasteiger partial charge >= 0.3 is 0 Å². The molecule has 0 bridgehead atoms. The Morgan fingerprint density at radius 1 is 1.06 bits per heavy atom. The summed E-state index contributed by atoms with van der Waals surface area (Å²) >= 11 is 0. The predicted molar refractivity (Wildman–Crippen MR) is 115 cm³/mol. The number of nitrogens with zero attached hydrogens (tertiary/aromatic N) is 4. The van der Waals surface area contributed by atoms with Crippen molar-refractivity contribution in [1.29, 1.82) is 0 Å². The van der Waals surface area contributed by atoms with Crippen LogP contribution in [0.15, 0.2) is 33.7 Å². The van der Waals surface area contributed by atoms with E-state index in [0.29, 0.717) is 55.6 Å². The number of aryl methyl sites for hydroxylation is 2. The van der Waals surface area contributed by atoms with Crippen molar-refractivity contribution in [2.45, 2.75) is 62.7 Å². The lowest BCUT2D eigenvalue weighted by atomic mass is 9.96. The van der Waals surface area contributed by atoms with E-state index in [1.807, 2.05) is 17.0 Å². The number of amides is 1. The van der Waals surface area contributed by atoms with Gasteiger partial charge in [-0.1, -0.05) is 23.7 Å². The first kappa shape index (κ1) is 22.0. The third-order valence-electron chi connectivity index (χ3n) is 6.24. The van der Waals surface area contributed by atoms with Crippen molar-refractivity contribution in [1.82, 2.24) is 19.3 Å². The number of hydrogen-bond acceptors (Lipinski definition) is 6. The Morgan fingerprint density at radius 3 is 2.35 bits per heavy atom. The minimum absolute atomic E-state index is 0.130. The molecular formula is C22H30N4O4S. The molecule has 1 aromatic carbocycles. The standard InChI is InChI=1S/C22H30N4O4S/c1-17-23-22(30-24-17)19-11-15-25(16-12-19)21(27)10-7-18-5-8-20(9-6-18)31(28,29)26-13-3-2-4-14-26/h5-6,8-9,19H,2-4,7,10-16H2,1H3. The van der Waals surface area contributed by atoms with E-state index in [-0.39, 0.29) is 11.8 Å². The summed E-state index contributed by atoms with van der Waals surface area (Å²) in [4.78, 5) is 19.2. The molecule has 2 aliphatic heterocycles. The molecule has 9 heteroatoms. The highest BCUT2D eigenvalue weighted by Crippen LogP contribution is 2.27. The summed E-state index contributed by atoms with van der Waals surface area (Å²) in [5, 5.41) is 3.85. The Bertz CT molecular complexity index is 989. The summed E-state index contributed by atoms with van der Waals surface area (Å²) in [5.74, 6) is 1.66. The number of likely N-dealkylation sites (tertiary alicyclic amines) is 1. The number of rotatable bonds is 6. The topological polar surface area (TPSA) is 96.6 Å². The second kappa shape index (κ2) is 9.48. The van der Waals surface area contributed by atoms with Gasteiger partial charge in [0.2, 0.25) is 21.8 Å². The molecule has 1 aromatic heterocycles. The van der Waals surface area contributed by atoms with E-state index >= 15 is 0 Å². The Labute approximate surface area is 183 Å². The van der Waals surface area contributed by atoms with Crippen LogP contribution in [0.5, 0.6) is 0 Å². The van der Waals surface area contributed by atoms with Gasteiger partial charge in [-0.25, -0.2) is 8.42 Å². The van der Waals surface area contributed by atoms with Gasteiger partial charge in [0.1, 0.15) is 0 Å². The zero-order chi connectivity index (χ0) is 21.8. The van der Waals surface area contributed by atoms with Crippen LogP contribution in [0, 0.1) is 6.92 Å². The summed E-state index contributed by atoms with van der Waals surface area (Å²) in [6, 6.07) is 6.99. The molecule has 1 amide bonds. The molecule has 168 valence electrons. The smallest absolute Gasteiger partial charge is 0.243 e. The molecule has 3 heterocycles. The van der Waals surface area contributed by atoms with Crippen molar-refractivity contribution in [2.75, 3.05) is 26.2 Å². The summed E-state index contributed by atoms with van der Waals surface area (Å²) in [6.45, 7) is 4.39. The van der Waals surface area contributed by atoms with Gasteiger partial charge in [-0.05, 0) is 56.7 Å². The van der Waals surface area contributed by atoms with Crippen molar-refractivity contribution >= 4 is 15.9 Å². The van der Waals surface area contributed by atoms with Gasteiger partial charge in [0.25, 0.3) is 0 Å². The fourth-order valence-electron chi connectivity index (χ4n) is 4.35. The maximum Gasteiger partial charge on any atom is 0.243 e. The Morgan fingerprint density at radius 2 is 1.74 bits per heavy atom. The van der Waals surface area contributed by atoms with Crippen LogP contribution in [-0.4, -0.2) is 59.8 Å². The second-order valence-corrected chi connectivity index (χ2v) is 10.4. The number of aromatic nitrogens is 2. The van der Waals surface area contributed by atoms with Gasteiger partial charge in [-0.3, -0.25) is 4.79 Å². The molecule has 0 spiro atoms. The van der Waals surface area contributed by atoms with Crippen molar-refractivity contribution < 1.29 is 17.7 Å². The van der Waals surface area contributed by atoms with Crippen molar-refractivity contribution in [3.05, 3.63) is 41.5 Å². The Kier molecular flexibility index (Phi) is 6.71. The highest BCUT2D eigenvalue weighted by molar-refractivity contribution is 7.89. The van der Waals surface area contributed by atoms with Crippen molar-refractivity contribution in [2.24, 2.45) is 0 Å². The minimum Gasteiger partial charge on any atom is -0.343 e. The SMILES string of the molecule is Cc1noc(C2CCN(C(=O)CCc3ccc(S(=O)(=O)N4CCCCC4)cc3)CC2)n1. The molecule has 2 aromatic rings. The maximum atomic E-state index is 12.8. The fourth-order valence-corrected chi connectivity index (χ4v) is 5.86. The molecule has 2 aliphatic rings. The molecule has 0 unspecified atom stereocenters. The average molecular weight is 447 g/mol. The number of hydrogen-bond donors (Lipinski definition) is 0. The van der Waals surface area contributed by atoms with Crippen LogP contribution in [0.1, 0.15) is 61.7 Å². The first-order valence-corrected chi connectivity index (χ1v) is 12.5. The zero-order valence-electron chi connectivity index (χ0n) is 18.0. The van der Waals surface area contributed by atoms with Gasteiger partial charge in [0.05, 0.1) is 4.90 Å². The first-order chi connectivity index (χ1) is 14.9. The first-order valence-electron chi connectivity index (χ1n) is 11.1. The molecule has 2 saturated heterocycles. The summed E-state index contributed by atoms with van der Waals surface area (Å²) in [5.41, 5.74) is 0.974. The second-order valence-electron chi connectivity index (χ2n) is 8.44. The van der Waals surface area contributed by atoms with E-state index in [1.54, 1.807) is 23.4 Å². The van der Waals surface area contributed by atoms with E-state index in [0.717, 1.165) is 37.7 Å². The van der Waals surface area contributed by atoms with Crippen LogP contribution in [0.25, 0.3) is 0 Å². The molecule has 8 nitrogen and oxygen atoms in total. The van der Waals surface area contributed by atoms with E-state index in [4.69, 9.17) is 4.52 Å². The maximum absolute atomic E-state index is 12.8. The number of sulfonamides is 1. The molecule has 4 rings (SSSR count). The van der Waals surface area contributed by atoms with Crippen LogP contribution < -0.4 is 0 Å². The lowest BCUT2D eigenvalue weighted by Gasteiger charge is -2.30. The highest BCUT2D eigenvalue weighted by Gasteiger charge is 2.28. The van der Waals surface area contributed by atoms with Crippen LogP contribution in [0.4, 0.5) is 0 Å². The largest absolute Gasteiger partial charge is 0.343 e. The van der Waals surface area contributed by atoms with Crippen LogP contribution in [-0.2, 0) is 21.2 Å². The molecule has 0 atom stereocenters. The third kappa shape index (κ3) is 5.15.